The Hall–Kier alpha value is -2.06. The van der Waals surface area contributed by atoms with Crippen LogP contribution in [-0.4, -0.2) is 18.2 Å². The molecule has 0 saturated heterocycles. The van der Waals surface area contributed by atoms with Gasteiger partial charge in [0.15, 0.2) is 0 Å². The number of rotatable bonds is 4. The number of sulfonamides is 1. The Morgan fingerprint density at radius 1 is 1.33 bits per heavy atom. The topological polar surface area (TPSA) is 116 Å². The molecule has 0 atom stereocenters. The molecule has 2 rings (SSSR count). The lowest BCUT2D eigenvalue weighted by Crippen LogP contribution is -2.13. The predicted octanol–water partition coefficient (Wildman–Crippen LogP) is 0.879. The molecule has 0 amide bonds. The Bertz CT molecular complexity index is 780. The lowest BCUT2D eigenvalue weighted by atomic mass is 10.2. The monoisotopic (exact) mass is 309 g/mol. The number of nitrogens with two attached hydrogens (primary N) is 2. The Morgan fingerprint density at radius 3 is 2.48 bits per heavy atom. The average molecular weight is 309 g/mol. The van der Waals surface area contributed by atoms with Gasteiger partial charge in [0.1, 0.15) is 0 Å². The number of aromatic nitrogens is 2. The maximum absolute atomic E-state index is 11.3. The van der Waals surface area contributed by atoms with Crippen molar-refractivity contribution in [3.8, 4) is 0 Å². The van der Waals surface area contributed by atoms with Gasteiger partial charge in [-0.3, -0.25) is 4.68 Å². The molecule has 8 heteroatoms. The van der Waals surface area contributed by atoms with Crippen LogP contribution in [0.25, 0.3) is 0 Å². The lowest BCUT2D eigenvalue weighted by molar-refractivity contribution is 0.598. The van der Waals surface area contributed by atoms with Gasteiger partial charge in [-0.1, -0.05) is 0 Å². The minimum atomic E-state index is -3.74. The van der Waals surface area contributed by atoms with Crippen molar-refractivity contribution in [3.63, 3.8) is 0 Å². The maximum atomic E-state index is 11.3. The summed E-state index contributed by atoms with van der Waals surface area (Å²) in [6.45, 7) is 4.49. The van der Waals surface area contributed by atoms with Gasteiger partial charge < -0.3 is 11.1 Å². The zero-order chi connectivity index (χ0) is 15.8. The fourth-order valence-electron chi connectivity index (χ4n) is 2.14. The molecule has 0 bridgehead atoms. The smallest absolute Gasteiger partial charge is 0.238 e. The number of hydrogen-bond acceptors (Lipinski definition) is 5. The highest BCUT2D eigenvalue weighted by atomic mass is 32.2. The van der Waals surface area contributed by atoms with Crippen molar-refractivity contribution in [1.82, 2.24) is 9.78 Å². The highest BCUT2D eigenvalue weighted by Crippen LogP contribution is 2.23. The van der Waals surface area contributed by atoms with Crippen LogP contribution in [0, 0.1) is 13.8 Å². The van der Waals surface area contributed by atoms with Crippen LogP contribution in [-0.2, 0) is 23.6 Å². The first kappa shape index (κ1) is 15.3. The number of nitrogens with one attached hydrogen (secondary N) is 1. The second-order valence-electron chi connectivity index (χ2n) is 4.92. The summed E-state index contributed by atoms with van der Waals surface area (Å²) < 4.78 is 24.3. The van der Waals surface area contributed by atoms with E-state index < -0.39 is 10.0 Å². The summed E-state index contributed by atoms with van der Waals surface area (Å²) in [7, 11) is -1.85. The largest absolute Gasteiger partial charge is 0.397 e. The summed E-state index contributed by atoms with van der Waals surface area (Å²) in [5.41, 5.74) is 9.96. The highest BCUT2D eigenvalue weighted by molar-refractivity contribution is 7.89. The van der Waals surface area contributed by atoms with E-state index >= 15 is 0 Å². The molecule has 0 fully saturated rings. The SMILES string of the molecule is Cc1nn(C)c(C)c1CNc1ccc(S(N)(=O)=O)cc1N. The molecule has 0 aliphatic rings. The minimum Gasteiger partial charge on any atom is -0.397 e. The zero-order valence-corrected chi connectivity index (χ0v) is 13.0. The highest BCUT2D eigenvalue weighted by Gasteiger charge is 2.12. The molecule has 1 aromatic carbocycles. The molecule has 5 N–H and O–H groups in total. The second-order valence-corrected chi connectivity index (χ2v) is 6.48. The summed E-state index contributed by atoms with van der Waals surface area (Å²) in [6.07, 6.45) is 0. The molecule has 1 aromatic heterocycles. The van der Waals surface area contributed by atoms with Crippen molar-refractivity contribution in [2.24, 2.45) is 12.2 Å². The Morgan fingerprint density at radius 2 is 2.00 bits per heavy atom. The van der Waals surface area contributed by atoms with Crippen molar-refractivity contribution in [1.29, 1.82) is 0 Å². The summed E-state index contributed by atoms with van der Waals surface area (Å²) in [4.78, 5) is -0.000658. The average Bonchev–Trinajstić information content (AvgIpc) is 2.61. The number of primary sulfonamides is 1. The number of hydrogen-bond donors (Lipinski definition) is 3. The van der Waals surface area contributed by atoms with Gasteiger partial charge in [0.25, 0.3) is 0 Å². The molecule has 0 aliphatic carbocycles. The molecule has 2 aromatic rings. The second kappa shape index (κ2) is 5.38. The van der Waals surface area contributed by atoms with Crippen molar-refractivity contribution >= 4 is 21.4 Å². The van der Waals surface area contributed by atoms with Gasteiger partial charge in [-0.2, -0.15) is 5.10 Å². The molecule has 114 valence electrons. The Kier molecular flexibility index (Phi) is 3.93. The fourth-order valence-corrected chi connectivity index (χ4v) is 2.68. The molecule has 7 nitrogen and oxygen atoms in total. The molecule has 21 heavy (non-hydrogen) atoms. The van der Waals surface area contributed by atoms with E-state index in [-0.39, 0.29) is 4.90 Å². The number of benzene rings is 1. The van der Waals surface area contributed by atoms with Crippen LogP contribution < -0.4 is 16.2 Å². The zero-order valence-electron chi connectivity index (χ0n) is 12.2. The first-order valence-corrected chi connectivity index (χ1v) is 7.90. The van der Waals surface area contributed by atoms with Gasteiger partial charge in [0.05, 0.1) is 22.0 Å². The fraction of sp³-hybridized carbons (Fsp3) is 0.308. The van der Waals surface area contributed by atoms with Crippen molar-refractivity contribution in [2.45, 2.75) is 25.3 Å². The molecule has 0 radical (unpaired) electrons. The van der Waals surface area contributed by atoms with E-state index in [1.807, 2.05) is 25.6 Å². The van der Waals surface area contributed by atoms with Gasteiger partial charge >= 0.3 is 0 Å². The summed E-state index contributed by atoms with van der Waals surface area (Å²) in [5.74, 6) is 0. The molecule has 0 saturated carbocycles. The van der Waals surface area contributed by atoms with Gasteiger partial charge in [-0.25, -0.2) is 13.6 Å². The van der Waals surface area contributed by atoms with E-state index in [2.05, 4.69) is 10.4 Å². The molecule has 0 aliphatic heterocycles. The number of nitrogen functional groups attached to an aromatic ring is 1. The first-order chi connectivity index (χ1) is 9.70. The molecule has 0 unspecified atom stereocenters. The van der Waals surface area contributed by atoms with Gasteiger partial charge in [-0.15, -0.1) is 0 Å². The third-order valence-electron chi connectivity index (χ3n) is 3.47. The molecular formula is C13H19N5O2S. The summed E-state index contributed by atoms with van der Waals surface area (Å²) >= 11 is 0. The van der Waals surface area contributed by atoms with E-state index in [4.69, 9.17) is 10.9 Å². The van der Waals surface area contributed by atoms with Gasteiger partial charge in [0.2, 0.25) is 10.0 Å². The lowest BCUT2D eigenvalue weighted by Gasteiger charge is -2.11. The predicted molar refractivity (Wildman–Crippen MR) is 82.2 cm³/mol. The van der Waals surface area contributed by atoms with Gasteiger partial charge in [-0.05, 0) is 32.0 Å². The van der Waals surface area contributed by atoms with Crippen LogP contribution in [0.3, 0.4) is 0 Å². The van der Waals surface area contributed by atoms with E-state index in [0.717, 1.165) is 17.0 Å². The third kappa shape index (κ3) is 3.17. The van der Waals surface area contributed by atoms with Crippen LogP contribution in [0.1, 0.15) is 17.0 Å². The summed E-state index contributed by atoms with van der Waals surface area (Å²) in [6, 6.07) is 4.38. The van der Waals surface area contributed by atoms with Crippen LogP contribution in [0.4, 0.5) is 11.4 Å². The van der Waals surface area contributed by atoms with E-state index in [1.54, 1.807) is 6.07 Å². The standard InChI is InChI=1S/C13H19N5O2S/c1-8-11(9(2)18(3)17-8)7-16-13-5-4-10(6-12(13)14)21(15,19)20/h4-6,16H,7,14H2,1-3H3,(H2,15,19,20). The van der Waals surface area contributed by atoms with Crippen LogP contribution in [0.2, 0.25) is 0 Å². The maximum Gasteiger partial charge on any atom is 0.238 e. The van der Waals surface area contributed by atoms with Crippen LogP contribution in [0.5, 0.6) is 0 Å². The Labute approximate surface area is 124 Å². The normalized spacial score (nSPS) is 11.6. The van der Waals surface area contributed by atoms with Crippen LogP contribution in [0.15, 0.2) is 23.1 Å². The number of nitrogens with zero attached hydrogens (tertiary/aromatic N) is 2. The molecule has 1 heterocycles. The van der Waals surface area contributed by atoms with E-state index in [0.29, 0.717) is 17.9 Å². The van der Waals surface area contributed by atoms with Crippen molar-refractivity contribution in [3.05, 3.63) is 35.2 Å². The summed E-state index contributed by atoms with van der Waals surface area (Å²) in [5, 5.41) is 12.6. The third-order valence-corrected chi connectivity index (χ3v) is 4.38. The van der Waals surface area contributed by atoms with E-state index in [9.17, 15) is 8.42 Å². The molecule has 0 spiro atoms. The minimum absolute atomic E-state index is 0.000658. The van der Waals surface area contributed by atoms with E-state index in [1.165, 1.54) is 12.1 Å². The van der Waals surface area contributed by atoms with Crippen molar-refractivity contribution < 1.29 is 8.42 Å². The number of anilines is 2. The van der Waals surface area contributed by atoms with Crippen molar-refractivity contribution in [2.75, 3.05) is 11.1 Å². The molecular weight excluding hydrogens is 290 g/mol. The van der Waals surface area contributed by atoms with Gasteiger partial charge in [0, 0.05) is 24.8 Å². The van der Waals surface area contributed by atoms with Crippen LogP contribution >= 0.6 is 0 Å². The quantitative estimate of drug-likeness (QED) is 0.725. The Balaban J connectivity index is 2.21. The number of aryl methyl sites for hydroxylation is 2. The first-order valence-electron chi connectivity index (χ1n) is 6.35.